The Morgan fingerprint density at radius 2 is 1.80 bits per heavy atom. The number of nitrogens with zero attached hydrogens (tertiary/aromatic N) is 3. The number of anilines is 1. The summed E-state index contributed by atoms with van der Waals surface area (Å²) in [6.07, 6.45) is 0.842. The zero-order valence-corrected chi connectivity index (χ0v) is 19.7. The van der Waals surface area contributed by atoms with Gasteiger partial charge in [-0.15, -0.1) is 0 Å². The first kappa shape index (κ1) is 22.5. The number of urea groups is 1. The maximum Gasteiger partial charge on any atom is 0.326 e. The van der Waals surface area contributed by atoms with Crippen LogP contribution in [0.15, 0.2) is 83.0 Å². The molecular formula is C28H25FN4O2. The van der Waals surface area contributed by atoms with Crippen molar-refractivity contribution in [1.82, 2.24) is 15.5 Å². The molecule has 0 fully saturated rings. The summed E-state index contributed by atoms with van der Waals surface area (Å²) >= 11 is 0. The van der Waals surface area contributed by atoms with Gasteiger partial charge in [-0.25, -0.2) is 9.18 Å². The van der Waals surface area contributed by atoms with Crippen molar-refractivity contribution in [2.24, 2.45) is 0 Å². The van der Waals surface area contributed by atoms with Crippen LogP contribution in [-0.2, 0) is 6.42 Å². The van der Waals surface area contributed by atoms with Gasteiger partial charge >= 0.3 is 6.03 Å². The molecule has 1 aliphatic rings. The molecule has 2 heterocycles. The lowest BCUT2D eigenvalue weighted by molar-refractivity contribution is 0.244. The number of rotatable bonds is 5. The topological polar surface area (TPSA) is 71.3 Å². The number of carbonyl (C=O) groups excluding carboxylic acids is 1. The van der Waals surface area contributed by atoms with Gasteiger partial charge in [0.15, 0.2) is 0 Å². The maximum absolute atomic E-state index is 14.1. The summed E-state index contributed by atoms with van der Waals surface area (Å²) in [6.45, 7) is 5.92. The molecule has 0 aliphatic carbocycles. The number of halogens is 1. The summed E-state index contributed by atoms with van der Waals surface area (Å²) in [7, 11) is 0. The van der Waals surface area contributed by atoms with E-state index >= 15 is 0 Å². The zero-order valence-electron chi connectivity index (χ0n) is 19.7. The predicted octanol–water partition coefficient (Wildman–Crippen LogP) is 6.45. The van der Waals surface area contributed by atoms with E-state index in [-0.39, 0.29) is 11.9 Å². The summed E-state index contributed by atoms with van der Waals surface area (Å²) in [4.78, 5) is 19.6. The van der Waals surface area contributed by atoms with Crippen LogP contribution in [0.4, 0.5) is 14.9 Å². The van der Waals surface area contributed by atoms with Crippen LogP contribution in [0.2, 0.25) is 0 Å². The van der Waals surface area contributed by atoms with Gasteiger partial charge in [-0.05, 0) is 55.7 Å². The predicted molar refractivity (Wildman–Crippen MR) is 133 cm³/mol. The number of hydrogen-bond acceptors (Lipinski definition) is 4. The Hall–Kier alpha value is -4.26. The van der Waals surface area contributed by atoms with Crippen molar-refractivity contribution in [2.75, 3.05) is 4.90 Å². The van der Waals surface area contributed by atoms with Crippen LogP contribution in [0, 0.1) is 12.7 Å². The fraction of sp³-hybridized carbons (Fsp3) is 0.179. The van der Waals surface area contributed by atoms with E-state index in [2.05, 4.69) is 22.4 Å². The van der Waals surface area contributed by atoms with Crippen LogP contribution >= 0.6 is 0 Å². The van der Waals surface area contributed by atoms with Gasteiger partial charge < -0.3 is 9.84 Å². The first-order chi connectivity index (χ1) is 16.9. The zero-order chi connectivity index (χ0) is 24.5. The average Bonchev–Trinajstić information content (AvgIpc) is 3.34. The highest BCUT2D eigenvalue weighted by Crippen LogP contribution is 2.39. The minimum absolute atomic E-state index is 0.268. The molecule has 1 unspecified atom stereocenters. The summed E-state index contributed by atoms with van der Waals surface area (Å²) in [5.74, 6) is 0.316. The van der Waals surface area contributed by atoms with Crippen LogP contribution < -0.4 is 10.2 Å². The molecule has 0 saturated heterocycles. The summed E-state index contributed by atoms with van der Waals surface area (Å²) in [6, 6.07) is 20.8. The van der Waals surface area contributed by atoms with Crippen molar-refractivity contribution in [3.05, 3.63) is 107 Å². The first-order valence-corrected chi connectivity index (χ1v) is 11.5. The Kier molecular flexibility index (Phi) is 5.91. The Bertz CT molecular complexity index is 1420. The largest absolute Gasteiger partial charge is 0.334 e. The van der Waals surface area contributed by atoms with Crippen molar-refractivity contribution in [3.8, 4) is 11.4 Å². The molecule has 0 saturated carbocycles. The minimum Gasteiger partial charge on any atom is -0.334 e. The fourth-order valence-electron chi connectivity index (χ4n) is 4.34. The molecule has 7 heteroatoms. The fourth-order valence-corrected chi connectivity index (χ4v) is 4.34. The summed E-state index contributed by atoms with van der Waals surface area (Å²) in [5.41, 5.74) is 5.62. The lowest BCUT2D eigenvalue weighted by Gasteiger charge is -2.35. The van der Waals surface area contributed by atoms with Crippen LogP contribution in [-0.4, -0.2) is 16.2 Å². The molecule has 3 aromatic carbocycles. The SMILES string of the molecule is CCc1cccc(N2C(=O)NC(c3cccc(F)c3)C(c3nc(-c4ccc(C)cc4)no3)=C2C)c1. The van der Waals surface area contributed by atoms with E-state index in [1.807, 2.05) is 62.4 Å². The Morgan fingerprint density at radius 3 is 2.54 bits per heavy atom. The Balaban J connectivity index is 1.66. The minimum atomic E-state index is -0.657. The van der Waals surface area contributed by atoms with Gasteiger partial charge in [0.25, 0.3) is 5.89 Å². The number of benzene rings is 3. The van der Waals surface area contributed by atoms with E-state index in [0.717, 1.165) is 28.8 Å². The molecule has 0 spiro atoms. The van der Waals surface area contributed by atoms with Gasteiger partial charge in [-0.1, -0.05) is 66.2 Å². The number of amides is 2. The highest BCUT2D eigenvalue weighted by Gasteiger charge is 2.36. The standard InChI is InChI=1S/C28H25FN4O2/c1-4-19-7-5-10-23(15-19)33-18(3)24(25(30-28(33)34)21-8-6-9-22(29)16-21)27-31-26(32-35-27)20-13-11-17(2)12-14-20/h5-16,25H,4H2,1-3H3,(H,30,34). The van der Waals surface area contributed by atoms with Crippen molar-refractivity contribution in [2.45, 2.75) is 33.2 Å². The van der Waals surface area contributed by atoms with Gasteiger partial charge in [0.2, 0.25) is 5.82 Å². The summed E-state index contributed by atoms with van der Waals surface area (Å²) in [5, 5.41) is 7.21. The second-order valence-electron chi connectivity index (χ2n) is 8.58. The molecule has 1 N–H and O–H groups in total. The van der Waals surface area contributed by atoms with Gasteiger partial charge in [0, 0.05) is 11.3 Å². The molecule has 1 atom stereocenters. The average molecular weight is 469 g/mol. The lowest BCUT2D eigenvalue weighted by Crippen LogP contribution is -2.46. The van der Waals surface area contributed by atoms with Gasteiger partial charge in [-0.3, -0.25) is 4.90 Å². The molecule has 6 nitrogen and oxygen atoms in total. The molecule has 2 amide bonds. The molecular weight excluding hydrogens is 443 g/mol. The Morgan fingerprint density at radius 1 is 1.03 bits per heavy atom. The van der Waals surface area contributed by atoms with Crippen molar-refractivity contribution >= 4 is 17.3 Å². The molecule has 0 radical (unpaired) electrons. The lowest BCUT2D eigenvalue weighted by atomic mass is 9.94. The van der Waals surface area contributed by atoms with E-state index in [1.54, 1.807) is 17.0 Å². The number of aromatic nitrogens is 2. The number of hydrogen-bond donors (Lipinski definition) is 1. The number of aryl methyl sites for hydroxylation is 2. The molecule has 5 rings (SSSR count). The van der Waals surface area contributed by atoms with Crippen molar-refractivity contribution in [3.63, 3.8) is 0 Å². The van der Waals surface area contributed by atoms with Crippen molar-refractivity contribution < 1.29 is 13.7 Å². The first-order valence-electron chi connectivity index (χ1n) is 11.5. The monoisotopic (exact) mass is 468 g/mol. The van der Waals surface area contributed by atoms with Crippen LogP contribution in [0.3, 0.4) is 0 Å². The molecule has 1 aromatic heterocycles. The number of carbonyl (C=O) groups is 1. The normalized spacial score (nSPS) is 15.9. The maximum atomic E-state index is 14.1. The smallest absolute Gasteiger partial charge is 0.326 e. The van der Waals surface area contributed by atoms with Crippen LogP contribution in [0.25, 0.3) is 17.0 Å². The number of nitrogens with one attached hydrogen (secondary N) is 1. The van der Waals surface area contributed by atoms with E-state index in [1.165, 1.54) is 12.1 Å². The van der Waals surface area contributed by atoms with Gasteiger partial charge in [0.1, 0.15) is 5.82 Å². The third-order valence-electron chi connectivity index (χ3n) is 6.21. The van der Waals surface area contributed by atoms with Crippen molar-refractivity contribution in [1.29, 1.82) is 0 Å². The highest BCUT2D eigenvalue weighted by molar-refractivity contribution is 6.01. The third kappa shape index (κ3) is 4.33. The molecule has 35 heavy (non-hydrogen) atoms. The van der Waals surface area contributed by atoms with Gasteiger partial charge in [0.05, 0.1) is 17.3 Å². The second kappa shape index (κ2) is 9.18. The van der Waals surface area contributed by atoms with Crippen LogP contribution in [0.1, 0.15) is 42.5 Å². The van der Waals surface area contributed by atoms with E-state index in [9.17, 15) is 9.18 Å². The molecule has 176 valence electrons. The number of allylic oxidation sites excluding steroid dienone is 1. The van der Waals surface area contributed by atoms with E-state index < -0.39 is 11.9 Å². The van der Waals surface area contributed by atoms with Gasteiger partial charge in [-0.2, -0.15) is 4.98 Å². The van der Waals surface area contributed by atoms with E-state index in [4.69, 9.17) is 4.52 Å². The molecule has 1 aliphatic heterocycles. The third-order valence-corrected chi connectivity index (χ3v) is 6.21. The van der Waals surface area contributed by atoms with Crippen LogP contribution in [0.5, 0.6) is 0 Å². The second-order valence-corrected chi connectivity index (χ2v) is 8.58. The van der Waals surface area contributed by atoms with E-state index in [0.29, 0.717) is 22.7 Å². The quantitative estimate of drug-likeness (QED) is 0.365. The Labute approximate surface area is 203 Å². The molecule has 0 bridgehead atoms. The highest BCUT2D eigenvalue weighted by atomic mass is 19.1. The summed E-state index contributed by atoms with van der Waals surface area (Å²) < 4.78 is 19.9. The molecule has 4 aromatic rings.